The molecule has 2 aromatic heterocycles. The second-order valence-electron chi connectivity index (χ2n) is 5.66. The predicted octanol–water partition coefficient (Wildman–Crippen LogP) is 2.70. The molecular formula is C18H16BrN5O2. The number of aromatic amines is 1. The van der Waals surface area contributed by atoms with Gasteiger partial charge >= 0.3 is 0 Å². The fourth-order valence-corrected chi connectivity index (χ4v) is 2.94. The Morgan fingerprint density at radius 2 is 2.15 bits per heavy atom. The lowest BCUT2D eigenvalue weighted by atomic mass is 10.2. The summed E-state index contributed by atoms with van der Waals surface area (Å²) in [4.78, 5) is 28.5. The summed E-state index contributed by atoms with van der Waals surface area (Å²) in [5.74, 6) is -0.397. The third-order valence-corrected chi connectivity index (χ3v) is 4.29. The average molecular weight is 414 g/mol. The molecule has 1 aromatic carbocycles. The molecule has 132 valence electrons. The Kier molecular flexibility index (Phi) is 5.13. The van der Waals surface area contributed by atoms with Crippen molar-refractivity contribution in [3.8, 4) is 5.69 Å². The number of carbonyl (C=O) groups is 1. The summed E-state index contributed by atoms with van der Waals surface area (Å²) in [6.07, 6.45) is 4.36. The van der Waals surface area contributed by atoms with E-state index in [1.54, 1.807) is 25.3 Å². The Balaban J connectivity index is 1.84. The molecule has 0 aliphatic rings. The molecule has 0 aliphatic carbocycles. The van der Waals surface area contributed by atoms with E-state index in [1.165, 1.54) is 17.1 Å². The monoisotopic (exact) mass is 413 g/mol. The van der Waals surface area contributed by atoms with Gasteiger partial charge in [0.1, 0.15) is 0 Å². The fourth-order valence-electron chi connectivity index (χ4n) is 2.47. The first-order chi connectivity index (χ1) is 12.5. The first-order valence-electron chi connectivity index (χ1n) is 7.79. The molecule has 26 heavy (non-hydrogen) atoms. The molecule has 0 fully saturated rings. The van der Waals surface area contributed by atoms with Crippen molar-refractivity contribution in [3.63, 3.8) is 0 Å². The van der Waals surface area contributed by atoms with Crippen LogP contribution in [0.1, 0.15) is 27.2 Å². The number of H-pyrrole nitrogens is 1. The number of rotatable bonds is 4. The molecule has 8 heteroatoms. The average Bonchev–Trinajstić information content (AvgIpc) is 2.90. The lowest BCUT2D eigenvalue weighted by Gasteiger charge is -2.06. The van der Waals surface area contributed by atoms with E-state index >= 15 is 0 Å². The first kappa shape index (κ1) is 17.8. The summed E-state index contributed by atoms with van der Waals surface area (Å²) in [6, 6.07) is 8.94. The van der Waals surface area contributed by atoms with Crippen LogP contribution in [-0.2, 0) is 0 Å². The van der Waals surface area contributed by atoms with Crippen molar-refractivity contribution in [2.24, 2.45) is 5.10 Å². The topological polar surface area (TPSA) is 92.1 Å². The molecular weight excluding hydrogens is 398 g/mol. The van der Waals surface area contributed by atoms with Gasteiger partial charge in [0.25, 0.3) is 11.5 Å². The lowest BCUT2D eigenvalue weighted by molar-refractivity contribution is 0.0955. The van der Waals surface area contributed by atoms with Gasteiger partial charge in [-0.1, -0.05) is 15.9 Å². The number of carbonyl (C=O) groups excluding carboxylic acids is 1. The molecule has 3 rings (SSSR count). The van der Waals surface area contributed by atoms with Crippen LogP contribution in [0.3, 0.4) is 0 Å². The van der Waals surface area contributed by atoms with Crippen LogP contribution in [0.15, 0.2) is 57.1 Å². The van der Waals surface area contributed by atoms with Crippen molar-refractivity contribution >= 4 is 28.1 Å². The highest BCUT2D eigenvalue weighted by atomic mass is 79.9. The third-order valence-electron chi connectivity index (χ3n) is 3.80. The minimum absolute atomic E-state index is 0.243. The zero-order valence-corrected chi connectivity index (χ0v) is 15.7. The molecule has 0 atom stereocenters. The Morgan fingerprint density at radius 1 is 1.35 bits per heavy atom. The Bertz CT molecular complexity index is 1040. The maximum absolute atomic E-state index is 12.7. The summed E-state index contributed by atoms with van der Waals surface area (Å²) in [5, 5.41) is 6.92. The summed E-state index contributed by atoms with van der Waals surface area (Å²) in [6.45, 7) is 3.70. The number of amides is 1. The van der Waals surface area contributed by atoms with Crippen LogP contribution in [-0.4, -0.2) is 26.9 Å². The lowest BCUT2D eigenvalue weighted by Crippen LogP contribution is -2.20. The summed E-state index contributed by atoms with van der Waals surface area (Å²) < 4.78 is 2.40. The van der Waals surface area contributed by atoms with Gasteiger partial charge in [-0.25, -0.2) is 10.1 Å². The van der Waals surface area contributed by atoms with E-state index in [9.17, 15) is 9.59 Å². The molecule has 2 N–H and O–H groups in total. The van der Waals surface area contributed by atoms with Crippen LogP contribution < -0.4 is 11.0 Å². The van der Waals surface area contributed by atoms with Crippen LogP contribution in [0, 0.1) is 13.8 Å². The largest absolute Gasteiger partial charge is 0.295 e. The molecule has 0 bridgehead atoms. The number of hydrogen-bond donors (Lipinski definition) is 2. The molecule has 0 aliphatic heterocycles. The van der Waals surface area contributed by atoms with E-state index in [-0.39, 0.29) is 5.56 Å². The Hall–Kier alpha value is -3.00. The van der Waals surface area contributed by atoms with Gasteiger partial charge in [-0.2, -0.15) is 5.10 Å². The molecule has 0 saturated heterocycles. The number of halogens is 1. The molecule has 0 saturated carbocycles. The van der Waals surface area contributed by atoms with Crippen molar-refractivity contribution in [3.05, 3.63) is 79.9 Å². The number of benzene rings is 1. The van der Waals surface area contributed by atoms with E-state index in [0.717, 1.165) is 15.7 Å². The van der Waals surface area contributed by atoms with Crippen molar-refractivity contribution in [1.29, 1.82) is 0 Å². The summed E-state index contributed by atoms with van der Waals surface area (Å²) in [7, 11) is 0. The second-order valence-corrected chi connectivity index (χ2v) is 6.58. The van der Waals surface area contributed by atoms with Crippen LogP contribution in [0.2, 0.25) is 0 Å². The fraction of sp³-hybridized carbons (Fsp3) is 0.111. The number of hydrogen-bond acceptors (Lipinski definition) is 4. The van der Waals surface area contributed by atoms with Crippen molar-refractivity contribution in [2.75, 3.05) is 0 Å². The zero-order chi connectivity index (χ0) is 18.7. The van der Waals surface area contributed by atoms with E-state index in [2.05, 4.69) is 36.5 Å². The molecule has 7 nitrogen and oxygen atoms in total. The van der Waals surface area contributed by atoms with Crippen molar-refractivity contribution < 1.29 is 4.79 Å². The number of aromatic nitrogens is 3. The number of aryl methyl sites for hydroxylation is 2. The van der Waals surface area contributed by atoms with E-state index in [1.807, 2.05) is 25.1 Å². The van der Waals surface area contributed by atoms with Crippen LogP contribution in [0.4, 0.5) is 0 Å². The van der Waals surface area contributed by atoms with Crippen LogP contribution in [0.25, 0.3) is 5.69 Å². The first-order valence-corrected chi connectivity index (χ1v) is 8.58. The SMILES string of the molecule is Cc1cc(Br)ccc1-n1[nH]c(C)c(C=NNC(=O)c2cccnc2)c1=O. The highest BCUT2D eigenvalue weighted by Gasteiger charge is 2.12. The van der Waals surface area contributed by atoms with Gasteiger partial charge in [0.05, 0.1) is 23.0 Å². The van der Waals surface area contributed by atoms with Gasteiger partial charge in [-0.05, 0) is 49.7 Å². The minimum atomic E-state index is -0.397. The van der Waals surface area contributed by atoms with Gasteiger partial charge < -0.3 is 0 Å². The summed E-state index contributed by atoms with van der Waals surface area (Å²) >= 11 is 3.41. The van der Waals surface area contributed by atoms with Crippen molar-refractivity contribution in [1.82, 2.24) is 20.2 Å². The normalized spacial score (nSPS) is 11.0. The Labute approximate surface area is 157 Å². The van der Waals surface area contributed by atoms with Crippen LogP contribution >= 0.6 is 15.9 Å². The van der Waals surface area contributed by atoms with E-state index in [0.29, 0.717) is 16.8 Å². The third kappa shape index (κ3) is 3.65. The Morgan fingerprint density at radius 3 is 2.85 bits per heavy atom. The molecule has 1 amide bonds. The maximum Gasteiger partial charge on any atom is 0.280 e. The van der Waals surface area contributed by atoms with Gasteiger partial charge in [0.2, 0.25) is 0 Å². The standard InChI is InChI=1S/C18H16BrN5O2/c1-11-8-14(19)5-6-16(11)24-18(26)15(12(2)23-24)10-21-22-17(25)13-4-3-7-20-9-13/h3-10,23H,1-2H3,(H,22,25). The van der Waals surface area contributed by atoms with Gasteiger partial charge in [-0.3, -0.25) is 19.7 Å². The zero-order valence-electron chi connectivity index (χ0n) is 14.2. The van der Waals surface area contributed by atoms with Crippen molar-refractivity contribution in [2.45, 2.75) is 13.8 Å². The summed E-state index contributed by atoms with van der Waals surface area (Å²) in [5.41, 5.74) is 5.25. The maximum atomic E-state index is 12.7. The van der Waals surface area contributed by atoms with Gasteiger partial charge in [0, 0.05) is 22.6 Å². The number of nitrogens with one attached hydrogen (secondary N) is 2. The quantitative estimate of drug-likeness (QED) is 0.508. The number of hydrazone groups is 1. The molecule has 0 unspecified atom stereocenters. The number of nitrogens with zero attached hydrogens (tertiary/aromatic N) is 3. The highest BCUT2D eigenvalue weighted by Crippen LogP contribution is 2.18. The molecule has 3 aromatic rings. The van der Waals surface area contributed by atoms with E-state index in [4.69, 9.17) is 0 Å². The second kappa shape index (κ2) is 7.49. The molecule has 2 heterocycles. The van der Waals surface area contributed by atoms with Gasteiger partial charge in [0.15, 0.2) is 0 Å². The van der Waals surface area contributed by atoms with Crippen LogP contribution in [0.5, 0.6) is 0 Å². The smallest absolute Gasteiger partial charge is 0.280 e. The van der Waals surface area contributed by atoms with E-state index < -0.39 is 5.91 Å². The predicted molar refractivity (Wildman–Crippen MR) is 103 cm³/mol. The molecule has 0 spiro atoms. The number of pyridine rings is 1. The minimum Gasteiger partial charge on any atom is -0.295 e. The molecule has 0 radical (unpaired) electrons. The van der Waals surface area contributed by atoms with Gasteiger partial charge in [-0.15, -0.1) is 0 Å². The highest BCUT2D eigenvalue weighted by molar-refractivity contribution is 9.10.